The first-order chi connectivity index (χ1) is 6.24. The second-order valence-corrected chi connectivity index (χ2v) is 3.83. The highest BCUT2D eigenvalue weighted by atomic mass is 16.5. The molecule has 0 heterocycles. The highest BCUT2D eigenvalue weighted by Gasteiger charge is 2.21. The molecule has 0 aliphatic heterocycles. The molecular formula is C10H19NO2. The van der Waals surface area contributed by atoms with E-state index < -0.39 is 0 Å². The summed E-state index contributed by atoms with van der Waals surface area (Å²) in [6.07, 6.45) is 5.08. The van der Waals surface area contributed by atoms with Crippen LogP contribution in [0.3, 0.4) is 0 Å². The van der Waals surface area contributed by atoms with Crippen molar-refractivity contribution in [3.05, 3.63) is 0 Å². The number of ether oxygens (including phenoxy) is 1. The SMILES string of the molecule is COC(=O)CNC1CCCCC1C. The first kappa shape index (κ1) is 10.5. The Morgan fingerprint density at radius 2 is 2.15 bits per heavy atom. The van der Waals surface area contributed by atoms with Crippen LogP contribution in [0, 0.1) is 5.92 Å². The Labute approximate surface area is 79.8 Å². The minimum absolute atomic E-state index is 0.169. The topological polar surface area (TPSA) is 38.3 Å². The lowest BCUT2D eigenvalue weighted by atomic mass is 9.86. The number of methoxy groups -OCH3 is 1. The van der Waals surface area contributed by atoms with Gasteiger partial charge in [0.1, 0.15) is 0 Å². The maximum atomic E-state index is 10.9. The minimum Gasteiger partial charge on any atom is -0.468 e. The number of carbonyl (C=O) groups excluding carboxylic acids is 1. The molecule has 1 rings (SSSR count). The molecule has 2 atom stereocenters. The Bertz CT molecular complexity index is 170. The van der Waals surface area contributed by atoms with Gasteiger partial charge in [0.25, 0.3) is 0 Å². The minimum atomic E-state index is -0.169. The number of esters is 1. The maximum absolute atomic E-state index is 10.9. The fourth-order valence-electron chi connectivity index (χ4n) is 1.91. The van der Waals surface area contributed by atoms with Crippen LogP contribution in [0.4, 0.5) is 0 Å². The third-order valence-corrected chi connectivity index (χ3v) is 2.85. The van der Waals surface area contributed by atoms with Gasteiger partial charge in [0, 0.05) is 6.04 Å². The van der Waals surface area contributed by atoms with Crippen molar-refractivity contribution in [1.82, 2.24) is 5.32 Å². The summed E-state index contributed by atoms with van der Waals surface area (Å²) in [5.41, 5.74) is 0. The summed E-state index contributed by atoms with van der Waals surface area (Å²) in [5, 5.41) is 3.25. The van der Waals surface area contributed by atoms with Gasteiger partial charge in [-0.05, 0) is 18.8 Å². The van der Waals surface area contributed by atoms with Crippen LogP contribution < -0.4 is 5.32 Å². The first-order valence-electron chi connectivity index (χ1n) is 5.04. The molecule has 0 saturated heterocycles. The lowest BCUT2D eigenvalue weighted by molar-refractivity contribution is -0.139. The van der Waals surface area contributed by atoms with Crippen molar-refractivity contribution in [2.24, 2.45) is 5.92 Å². The van der Waals surface area contributed by atoms with Gasteiger partial charge in [-0.2, -0.15) is 0 Å². The Kier molecular flexibility index (Phi) is 4.22. The van der Waals surface area contributed by atoms with Crippen LogP contribution in [0.1, 0.15) is 32.6 Å². The van der Waals surface area contributed by atoms with Crippen molar-refractivity contribution < 1.29 is 9.53 Å². The lowest BCUT2D eigenvalue weighted by Crippen LogP contribution is -2.40. The molecule has 2 unspecified atom stereocenters. The van der Waals surface area contributed by atoms with E-state index in [1.54, 1.807) is 0 Å². The van der Waals surface area contributed by atoms with Gasteiger partial charge in [-0.3, -0.25) is 4.79 Å². The molecule has 0 aromatic rings. The summed E-state index contributed by atoms with van der Waals surface area (Å²) < 4.78 is 4.58. The predicted octanol–water partition coefficient (Wildman–Crippen LogP) is 1.33. The molecule has 1 aliphatic carbocycles. The molecule has 3 nitrogen and oxygen atoms in total. The van der Waals surface area contributed by atoms with Crippen molar-refractivity contribution in [2.45, 2.75) is 38.6 Å². The third kappa shape index (κ3) is 3.35. The second kappa shape index (κ2) is 5.22. The Morgan fingerprint density at radius 3 is 2.77 bits per heavy atom. The average Bonchev–Trinajstić information content (AvgIpc) is 2.16. The van der Waals surface area contributed by atoms with E-state index in [2.05, 4.69) is 17.0 Å². The number of rotatable bonds is 3. The summed E-state index contributed by atoms with van der Waals surface area (Å²) in [4.78, 5) is 10.9. The quantitative estimate of drug-likeness (QED) is 0.674. The highest BCUT2D eigenvalue weighted by molar-refractivity contribution is 5.71. The van der Waals surface area contributed by atoms with Crippen LogP contribution in [-0.4, -0.2) is 25.7 Å². The molecule has 1 aliphatic rings. The lowest BCUT2D eigenvalue weighted by Gasteiger charge is -2.29. The molecule has 0 aromatic heterocycles. The first-order valence-corrected chi connectivity index (χ1v) is 5.04. The van der Waals surface area contributed by atoms with Crippen molar-refractivity contribution >= 4 is 5.97 Å². The zero-order chi connectivity index (χ0) is 9.68. The summed E-state index contributed by atoms with van der Waals surface area (Å²) in [6.45, 7) is 2.60. The van der Waals surface area contributed by atoms with Gasteiger partial charge < -0.3 is 10.1 Å². The maximum Gasteiger partial charge on any atom is 0.319 e. The average molecular weight is 185 g/mol. The molecule has 1 saturated carbocycles. The summed E-state index contributed by atoms with van der Waals surface area (Å²) in [5.74, 6) is 0.524. The van der Waals surface area contributed by atoms with E-state index >= 15 is 0 Å². The molecule has 0 radical (unpaired) electrons. The molecule has 1 N–H and O–H groups in total. The molecule has 1 fully saturated rings. The molecule has 0 amide bonds. The number of nitrogens with one attached hydrogen (secondary N) is 1. The largest absolute Gasteiger partial charge is 0.468 e. The van der Waals surface area contributed by atoms with E-state index in [-0.39, 0.29) is 5.97 Å². The third-order valence-electron chi connectivity index (χ3n) is 2.85. The van der Waals surface area contributed by atoms with Crippen molar-refractivity contribution in [3.63, 3.8) is 0 Å². The van der Waals surface area contributed by atoms with Crippen LogP contribution in [0.25, 0.3) is 0 Å². The van der Waals surface area contributed by atoms with Crippen molar-refractivity contribution in [2.75, 3.05) is 13.7 Å². The predicted molar refractivity (Wildman–Crippen MR) is 51.4 cm³/mol. The van der Waals surface area contributed by atoms with Crippen molar-refractivity contribution in [1.29, 1.82) is 0 Å². The Hall–Kier alpha value is -0.570. The van der Waals surface area contributed by atoms with Gasteiger partial charge in [-0.1, -0.05) is 19.8 Å². The molecule has 0 spiro atoms. The number of carbonyl (C=O) groups is 1. The van der Waals surface area contributed by atoms with E-state index in [0.717, 1.165) is 0 Å². The van der Waals surface area contributed by atoms with Gasteiger partial charge in [0.2, 0.25) is 0 Å². The highest BCUT2D eigenvalue weighted by Crippen LogP contribution is 2.23. The molecular weight excluding hydrogens is 166 g/mol. The van der Waals surface area contributed by atoms with Crippen LogP contribution >= 0.6 is 0 Å². The second-order valence-electron chi connectivity index (χ2n) is 3.83. The van der Waals surface area contributed by atoms with Gasteiger partial charge in [0.15, 0.2) is 0 Å². The fraction of sp³-hybridized carbons (Fsp3) is 0.900. The Balaban J connectivity index is 2.22. The fourth-order valence-corrected chi connectivity index (χ4v) is 1.91. The summed E-state index contributed by atoms with van der Waals surface area (Å²) >= 11 is 0. The van der Waals surface area contributed by atoms with Crippen LogP contribution in [0.15, 0.2) is 0 Å². The zero-order valence-electron chi connectivity index (χ0n) is 8.51. The molecule has 3 heteroatoms. The van der Waals surface area contributed by atoms with Gasteiger partial charge in [0.05, 0.1) is 13.7 Å². The number of hydrogen-bond donors (Lipinski definition) is 1. The van der Waals surface area contributed by atoms with Gasteiger partial charge in [-0.15, -0.1) is 0 Å². The number of hydrogen-bond acceptors (Lipinski definition) is 3. The molecule has 76 valence electrons. The molecule has 13 heavy (non-hydrogen) atoms. The van der Waals surface area contributed by atoms with E-state index in [4.69, 9.17) is 0 Å². The van der Waals surface area contributed by atoms with Gasteiger partial charge >= 0.3 is 5.97 Å². The standard InChI is InChI=1S/C10H19NO2/c1-8-5-3-4-6-9(8)11-7-10(12)13-2/h8-9,11H,3-7H2,1-2H3. The Morgan fingerprint density at radius 1 is 1.46 bits per heavy atom. The molecule has 0 bridgehead atoms. The summed E-state index contributed by atoms with van der Waals surface area (Å²) in [7, 11) is 1.42. The van der Waals surface area contributed by atoms with E-state index in [1.165, 1.54) is 32.8 Å². The van der Waals surface area contributed by atoms with E-state index in [9.17, 15) is 4.79 Å². The summed E-state index contributed by atoms with van der Waals surface area (Å²) in [6, 6.07) is 0.507. The molecule has 0 aromatic carbocycles. The van der Waals surface area contributed by atoms with Crippen LogP contribution in [0.2, 0.25) is 0 Å². The van der Waals surface area contributed by atoms with Crippen LogP contribution in [0.5, 0.6) is 0 Å². The normalized spacial score (nSPS) is 28.5. The smallest absolute Gasteiger partial charge is 0.319 e. The zero-order valence-corrected chi connectivity index (χ0v) is 8.51. The monoisotopic (exact) mass is 185 g/mol. The van der Waals surface area contributed by atoms with Gasteiger partial charge in [-0.25, -0.2) is 0 Å². The van der Waals surface area contributed by atoms with E-state index in [0.29, 0.717) is 18.5 Å². The van der Waals surface area contributed by atoms with E-state index in [1.807, 2.05) is 0 Å². The van der Waals surface area contributed by atoms with Crippen LogP contribution in [-0.2, 0) is 9.53 Å². The van der Waals surface area contributed by atoms with Crippen molar-refractivity contribution in [3.8, 4) is 0 Å².